The molecule has 6 nitrogen and oxygen atoms in total. The maximum atomic E-state index is 11.0. The molecular formula is C11H16N4O2. The minimum atomic E-state index is -0.298. The lowest BCUT2D eigenvalue weighted by molar-refractivity contribution is -0.118. The maximum Gasteiger partial charge on any atom is 0.239 e. The quantitative estimate of drug-likeness (QED) is 0.783. The van der Waals surface area contributed by atoms with E-state index in [1.165, 1.54) is 0 Å². The Kier molecular flexibility index (Phi) is 3.03. The zero-order chi connectivity index (χ0) is 12.4. The lowest BCUT2D eigenvalue weighted by Crippen LogP contribution is -2.44. The van der Waals surface area contributed by atoms with Gasteiger partial charge in [-0.1, -0.05) is 0 Å². The van der Waals surface area contributed by atoms with Gasteiger partial charge in [-0.3, -0.25) is 4.79 Å². The molecule has 0 unspecified atom stereocenters. The van der Waals surface area contributed by atoms with E-state index in [1.54, 1.807) is 13.3 Å². The summed E-state index contributed by atoms with van der Waals surface area (Å²) in [5.74, 6) is 0.264. The van der Waals surface area contributed by atoms with Gasteiger partial charge in [0.2, 0.25) is 11.8 Å². The molecule has 17 heavy (non-hydrogen) atoms. The van der Waals surface area contributed by atoms with E-state index in [4.69, 9.17) is 10.5 Å². The first kappa shape index (κ1) is 11.5. The van der Waals surface area contributed by atoms with E-state index >= 15 is 0 Å². The van der Waals surface area contributed by atoms with Crippen molar-refractivity contribution in [1.29, 1.82) is 0 Å². The Labute approximate surface area is 99.8 Å². The van der Waals surface area contributed by atoms with Crippen LogP contribution in [-0.2, 0) is 4.79 Å². The minimum Gasteiger partial charge on any atom is -0.479 e. The van der Waals surface area contributed by atoms with Gasteiger partial charge in [0.25, 0.3) is 0 Å². The zero-order valence-electron chi connectivity index (χ0n) is 9.93. The Hall–Kier alpha value is -1.98. The number of carbonyl (C=O) groups excluding carboxylic acids is 1. The molecule has 6 heteroatoms. The summed E-state index contributed by atoms with van der Waals surface area (Å²) in [5, 5.41) is 3.23. The van der Waals surface area contributed by atoms with E-state index in [1.807, 2.05) is 18.0 Å². The van der Waals surface area contributed by atoms with Gasteiger partial charge < -0.3 is 20.7 Å². The number of pyridine rings is 1. The molecule has 92 valence electrons. The van der Waals surface area contributed by atoms with Gasteiger partial charge in [-0.2, -0.15) is 0 Å². The highest BCUT2D eigenvalue weighted by Crippen LogP contribution is 2.36. The van der Waals surface area contributed by atoms with Gasteiger partial charge in [-0.15, -0.1) is 0 Å². The van der Waals surface area contributed by atoms with Crippen molar-refractivity contribution in [3.8, 4) is 5.88 Å². The summed E-state index contributed by atoms with van der Waals surface area (Å²) in [6.07, 6.45) is 2.01. The molecule has 0 radical (unpaired) electrons. The number of fused-ring (bicyclic) bond motifs is 1. The van der Waals surface area contributed by atoms with Crippen molar-refractivity contribution in [1.82, 2.24) is 4.98 Å². The fraction of sp³-hybridized carbons (Fsp3) is 0.455. The molecule has 3 N–H and O–H groups in total. The Morgan fingerprint density at radius 1 is 1.76 bits per heavy atom. The molecule has 1 aromatic rings. The number of nitrogens with one attached hydrogen (secondary N) is 1. The number of methoxy groups -OCH3 is 1. The van der Waals surface area contributed by atoms with E-state index in [0.717, 1.165) is 11.4 Å². The Balaban J connectivity index is 2.29. The first-order valence-electron chi connectivity index (χ1n) is 5.41. The number of carbonyl (C=O) groups is 1. The molecule has 0 fully saturated rings. The van der Waals surface area contributed by atoms with Crippen molar-refractivity contribution in [2.75, 3.05) is 30.9 Å². The van der Waals surface area contributed by atoms with Gasteiger partial charge in [0.1, 0.15) is 5.69 Å². The van der Waals surface area contributed by atoms with Crippen LogP contribution >= 0.6 is 0 Å². The van der Waals surface area contributed by atoms with E-state index in [2.05, 4.69) is 10.3 Å². The van der Waals surface area contributed by atoms with Crippen molar-refractivity contribution in [3.63, 3.8) is 0 Å². The molecular weight excluding hydrogens is 220 g/mol. The number of nitrogens with zero attached hydrogens (tertiary/aromatic N) is 2. The maximum absolute atomic E-state index is 11.0. The van der Waals surface area contributed by atoms with Crippen LogP contribution in [0.15, 0.2) is 12.3 Å². The predicted molar refractivity (Wildman–Crippen MR) is 65.3 cm³/mol. The van der Waals surface area contributed by atoms with Crippen LogP contribution in [0.1, 0.15) is 6.42 Å². The number of ether oxygens (including phenoxy) is 1. The molecule has 2 rings (SSSR count). The highest BCUT2D eigenvalue weighted by molar-refractivity contribution is 5.80. The van der Waals surface area contributed by atoms with Crippen LogP contribution in [0, 0.1) is 0 Å². The number of amides is 1. The smallest absolute Gasteiger partial charge is 0.239 e. The number of nitrogens with two attached hydrogens (primary N) is 1. The molecule has 1 aromatic heterocycles. The molecule has 1 atom stereocenters. The fourth-order valence-electron chi connectivity index (χ4n) is 2.04. The summed E-state index contributed by atoms with van der Waals surface area (Å²) in [7, 11) is 3.52. The molecule has 0 aliphatic carbocycles. The molecule has 2 heterocycles. The largest absolute Gasteiger partial charge is 0.479 e. The molecule has 1 amide bonds. The Morgan fingerprint density at radius 2 is 2.53 bits per heavy atom. The molecule has 1 aliphatic heterocycles. The van der Waals surface area contributed by atoms with Gasteiger partial charge in [-0.25, -0.2) is 4.98 Å². The Bertz CT molecular complexity index is 435. The Morgan fingerprint density at radius 3 is 3.18 bits per heavy atom. The second-order valence-electron chi connectivity index (χ2n) is 4.03. The number of aromatic nitrogens is 1. The van der Waals surface area contributed by atoms with Gasteiger partial charge >= 0.3 is 0 Å². The first-order valence-corrected chi connectivity index (χ1v) is 5.41. The van der Waals surface area contributed by atoms with Crippen LogP contribution in [0.4, 0.5) is 11.4 Å². The molecule has 0 saturated carbocycles. The fourth-order valence-corrected chi connectivity index (χ4v) is 2.04. The number of primary amides is 1. The SMILES string of the molecule is COc1nccc2c1NC[C@H](CC(N)=O)N2C. The number of anilines is 2. The molecule has 0 aromatic carbocycles. The van der Waals surface area contributed by atoms with Crippen molar-refractivity contribution < 1.29 is 9.53 Å². The van der Waals surface area contributed by atoms with E-state index in [9.17, 15) is 4.79 Å². The normalized spacial score (nSPS) is 18.2. The van der Waals surface area contributed by atoms with Crippen molar-refractivity contribution in [2.45, 2.75) is 12.5 Å². The third-order valence-electron chi connectivity index (χ3n) is 2.97. The lowest BCUT2D eigenvalue weighted by atomic mass is 10.1. The number of hydrogen-bond acceptors (Lipinski definition) is 5. The molecule has 1 aliphatic rings. The third-order valence-corrected chi connectivity index (χ3v) is 2.97. The van der Waals surface area contributed by atoms with Crippen molar-refractivity contribution in [2.24, 2.45) is 5.73 Å². The number of likely N-dealkylation sites (N-methyl/N-ethyl adjacent to an activating group) is 1. The summed E-state index contributed by atoms with van der Waals surface area (Å²) in [5.41, 5.74) is 7.06. The summed E-state index contributed by atoms with van der Waals surface area (Å²) in [6, 6.07) is 1.95. The van der Waals surface area contributed by atoms with Crippen LogP contribution in [0.5, 0.6) is 5.88 Å². The zero-order valence-corrected chi connectivity index (χ0v) is 9.93. The van der Waals surface area contributed by atoms with Gasteiger partial charge in [-0.05, 0) is 6.07 Å². The van der Waals surface area contributed by atoms with Gasteiger partial charge in [0, 0.05) is 26.2 Å². The summed E-state index contributed by atoms with van der Waals surface area (Å²) >= 11 is 0. The van der Waals surface area contributed by atoms with Crippen molar-refractivity contribution >= 4 is 17.3 Å². The van der Waals surface area contributed by atoms with Gasteiger partial charge in [0.15, 0.2) is 0 Å². The molecule has 0 bridgehead atoms. The molecule has 0 saturated heterocycles. The average Bonchev–Trinajstić information content (AvgIpc) is 2.31. The van der Waals surface area contributed by atoms with Gasteiger partial charge in [0.05, 0.1) is 18.8 Å². The van der Waals surface area contributed by atoms with Crippen LogP contribution < -0.4 is 20.7 Å². The van der Waals surface area contributed by atoms with Crippen molar-refractivity contribution in [3.05, 3.63) is 12.3 Å². The van der Waals surface area contributed by atoms with Crippen LogP contribution in [0.25, 0.3) is 0 Å². The topological polar surface area (TPSA) is 80.5 Å². The van der Waals surface area contributed by atoms with Crippen LogP contribution in [0.3, 0.4) is 0 Å². The number of rotatable bonds is 3. The van der Waals surface area contributed by atoms with E-state index in [0.29, 0.717) is 18.8 Å². The highest BCUT2D eigenvalue weighted by atomic mass is 16.5. The summed E-state index contributed by atoms with van der Waals surface area (Å²) < 4.78 is 5.19. The number of hydrogen-bond donors (Lipinski definition) is 2. The van der Waals surface area contributed by atoms with E-state index < -0.39 is 0 Å². The van der Waals surface area contributed by atoms with Crippen LogP contribution in [-0.4, -0.2) is 37.6 Å². The summed E-state index contributed by atoms with van der Waals surface area (Å²) in [4.78, 5) is 17.1. The predicted octanol–water partition coefficient (Wildman–Crippen LogP) is 0.196. The second kappa shape index (κ2) is 4.48. The standard InChI is InChI=1S/C11H16N4O2/c1-15-7(5-9(12)16)6-14-10-8(15)3-4-13-11(10)17-2/h3-4,7,14H,5-6H2,1-2H3,(H2,12,16)/t7-/m0/s1. The minimum absolute atomic E-state index is 0.0621. The molecule has 0 spiro atoms. The lowest BCUT2D eigenvalue weighted by Gasteiger charge is -2.36. The highest BCUT2D eigenvalue weighted by Gasteiger charge is 2.26. The second-order valence-corrected chi connectivity index (χ2v) is 4.03. The average molecular weight is 236 g/mol. The van der Waals surface area contributed by atoms with E-state index in [-0.39, 0.29) is 11.9 Å². The first-order chi connectivity index (χ1) is 8.13. The monoisotopic (exact) mass is 236 g/mol. The van der Waals surface area contributed by atoms with Crippen LogP contribution in [0.2, 0.25) is 0 Å². The summed E-state index contributed by atoms with van der Waals surface area (Å²) in [6.45, 7) is 0.647. The third kappa shape index (κ3) is 2.11.